The second-order valence-electron chi connectivity index (χ2n) is 3.89. The monoisotopic (exact) mass is 265 g/mol. The number of H-pyrrole nitrogens is 1. The van der Waals surface area contributed by atoms with Gasteiger partial charge < -0.3 is 15.8 Å². The van der Waals surface area contributed by atoms with E-state index in [2.05, 4.69) is 9.97 Å². The van der Waals surface area contributed by atoms with E-state index in [9.17, 15) is 4.79 Å². The summed E-state index contributed by atoms with van der Waals surface area (Å²) in [6.45, 7) is 0. The fraction of sp³-hybridized carbons (Fsp3) is 0.167. The van der Waals surface area contributed by atoms with E-state index in [1.165, 1.54) is 0 Å². The molecule has 18 heavy (non-hydrogen) atoms. The number of carboxylic acid groups (broad SMARTS) is 1. The SMILES string of the molecule is NC(CC(=O)O)c1ncc(-c2ccc(Cl)cc2)[nH]1. The van der Waals surface area contributed by atoms with E-state index in [1.54, 1.807) is 18.3 Å². The molecular weight excluding hydrogens is 254 g/mol. The zero-order valence-electron chi connectivity index (χ0n) is 9.43. The highest BCUT2D eigenvalue weighted by Crippen LogP contribution is 2.21. The van der Waals surface area contributed by atoms with Crippen molar-refractivity contribution in [1.82, 2.24) is 9.97 Å². The van der Waals surface area contributed by atoms with Crippen molar-refractivity contribution in [2.75, 3.05) is 0 Å². The fourth-order valence-corrected chi connectivity index (χ4v) is 1.71. The van der Waals surface area contributed by atoms with Crippen LogP contribution >= 0.6 is 11.6 Å². The van der Waals surface area contributed by atoms with Gasteiger partial charge in [0.2, 0.25) is 0 Å². The van der Waals surface area contributed by atoms with Crippen LogP contribution in [0.5, 0.6) is 0 Å². The third-order valence-electron chi connectivity index (χ3n) is 2.50. The molecule has 0 aliphatic heterocycles. The molecule has 6 heteroatoms. The number of nitrogens with two attached hydrogens (primary N) is 1. The van der Waals surface area contributed by atoms with Gasteiger partial charge in [-0.1, -0.05) is 23.7 Å². The summed E-state index contributed by atoms with van der Waals surface area (Å²) < 4.78 is 0. The number of aliphatic carboxylic acids is 1. The summed E-state index contributed by atoms with van der Waals surface area (Å²) in [6.07, 6.45) is 1.47. The third kappa shape index (κ3) is 2.88. The Bertz CT molecular complexity index is 551. The predicted molar refractivity (Wildman–Crippen MR) is 68.2 cm³/mol. The van der Waals surface area contributed by atoms with Crippen molar-refractivity contribution >= 4 is 17.6 Å². The minimum atomic E-state index is -0.952. The molecule has 2 rings (SSSR count). The third-order valence-corrected chi connectivity index (χ3v) is 2.75. The minimum Gasteiger partial charge on any atom is -0.481 e. The first-order chi connectivity index (χ1) is 8.56. The second kappa shape index (κ2) is 5.20. The Kier molecular flexibility index (Phi) is 3.64. The molecule has 0 saturated carbocycles. The zero-order valence-corrected chi connectivity index (χ0v) is 10.2. The van der Waals surface area contributed by atoms with Crippen LogP contribution in [0.3, 0.4) is 0 Å². The molecule has 0 bridgehead atoms. The largest absolute Gasteiger partial charge is 0.481 e. The molecular formula is C12H12ClN3O2. The van der Waals surface area contributed by atoms with Crippen molar-refractivity contribution < 1.29 is 9.90 Å². The summed E-state index contributed by atoms with van der Waals surface area (Å²) in [5.41, 5.74) is 7.41. The number of carboxylic acids is 1. The molecule has 4 N–H and O–H groups in total. The van der Waals surface area contributed by atoms with Crippen LogP contribution in [0.2, 0.25) is 5.02 Å². The topological polar surface area (TPSA) is 92.0 Å². The van der Waals surface area contributed by atoms with Crippen LogP contribution in [0.25, 0.3) is 11.3 Å². The molecule has 0 fully saturated rings. The van der Waals surface area contributed by atoms with Gasteiger partial charge >= 0.3 is 5.97 Å². The number of aromatic nitrogens is 2. The Hall–Kier alpha value is -1.85. The van der Waals surface area contributed by atoms with Crippen molar-refractivity contribution in [3.63, 3.8) is 0 Å². The Morgan fingerprint density at radius 3 is 2.72 bits per heavy atom. The quantitative estimate of drug-likeness (QED) is 0.790. The molecule has 0 amide bonds. The molecule has 0 radical (unpaired) electrons. The Labute approximate surface area is 109 Å². The predicted octanol–water partition coefficient (Wildman–Crippen LogP) is 2.20. The lowest BCUT2D eigenvalue weighted by molar-refractivity contribution is -0.137. The first-order valence-corrected chi connectivity index (χ1v) is 5.72. The molecule has 0 aliphatic rings. The van der Waals surface area contributed by atoms with Gasteiger partial charge in [-0.15, -0.1) is 0 Å². The number of nitrogens with one attached hydrogen (secondary N) is 1. The maximum Gasteiger partial charge on any atom is 0.305 e. The smallest absolute Gasteiger partial charge is 0.305 e. The number of benzene rings is 1. The lowest BCUT2D eigenvalue weighted by atomic mass is 10.2. The molecule has 2 aromatic rings. The lowest BCUT2D eigenvalue weighted by Crippen LogP contribution is -2.16. The number of imidazole rings is 1. The van der Waals surface area contributed by atoms with Crippen LogP contribution in [-0.4, -0.2) is 21.0 Å². The lowest BCUT2D eigenvalue weighted by Gasteiger charge is -2.04. The molecule has 1 unspecified atom stereocenters. The molecule has 1 aromatic carbocycles. The summed E-state index contributed by atoms with van der Waals surface area (Å²) >= 11 is 5.80. The molecule has 0 spiro atoms. The number of halogens is 1. The molecule has 0 aliphatic carbocycles. The number of aromatic amines is 1. The molecule has 94 valence electrons. The summed E-state index contributed by atoms with van der Waals surface area (Å²) in [5.74, 6) is -0.491. The van der Waals surface area contributed by atoms with Crippen molar-refractivity contribution in [3.05, 3.63) is 41.3 Å². The van der Waals surface area contributed by atoms with E-state index in [0.717, 1.165) is 11.3 Å². The van der Waals surface area contributed by atoms with Crippen LogP contribution in [0.15, 0.2) is 30.5 Å². The average molecular weight is 266 g/mol. The summed E-state index contributed by atoms with van der Waals surface area (Å²) in [5, 5.41) is 9.32. The highest BCUT2D eigenvalue weighted by Gasteiger charge is 2.14. The highest BCUT2D eigenvalue weighted by molar-refractivity contribution is 6.30. The first kappa shape index (κ1) is 12.6. The maximum absolute atomic E-state index is 10.6. The fourth-order valence-electron chi connectivity index (χ4n) is 1.59. The maximum atomic E-state index is 10.6. The van der Waals surface area contributed by atoms with Gasteiger partial charge in [-0.05, 0) is 17.7 Å². The van der Waals surface area contributed by atoms with E-state index in [0.29, 0.717) is 10.8 Å². The van der Waals surface area contributed by atoms with Crippen LogP contribution in [0, 0.1) is 0 Å². The zero-order chi connectivity index (χ0) is 13.1. The average Bonchev–Trinajstić information content (AvgIpc) is 2.78. The van der Waals surface area contributed by atoms with Crippen molar-refractivity contribution in [1.29, 1.82) is 0 Å². The molecule has 1 heterocycles. The molecule has 0 saturated heterocycles. The van der Waals surface area contributed by atoms with E-state index >= 15 is 0 Å². The van der Waals surface area contributed by atoms with Gasteiger partial charge in [0.1, 0.15) is 5.82 Å². The first-order valence-electron chi connectivity index (χ1n) is 5.34. The van der Waals surface area contributed by atoms with Crippen LogP contribution in [-0.2, 0) is 4.79 Å². The number of hydrogen-bond donors (Lipinski definition) is 3. The van der Waals surface area contributed by atoms with E-state index in [1.807, 2.05) is 12.1 Å². The van der Waals surface area contributed by atoms with E-state index in [4.69, 9.17) is 22.4 Å². The Morgan fingerprint density at radius 1 is 1.44 bits per heavy atom. The van der Waals surface area contributed by atoms with E-state index < -0.39 is 12.0 Å². The van der Waals surface area contributed by atoms with Crippen molar-refractivity contribution in [2.24, 2.45) is 5.73 Å². The standard InChI is InChI=1S/C12H12ClN3O2/c13-8-3-1-7(2-4-8)10-6-15-12(16-10)9(14)5-11(17)18/h1-4,6,9H,5,14H2,(H,15,16)(H,17,18). The minimum absolute atomic E-state index is 0.159. The van der Waals surface area contributed by atoms with Gasteiger partial charge in [0.05, 0.1) is 24.4 Å². The van der Waals surface area contributed by atoms with Crippen molar-refractivity contribution in [3.8, 4) is 11.3 Å². The van der Waals surface area contributed by atoms with Gasteiger partial charge in [0, 0.05) is 5.02 Å². The Balaban J connectivity index is 2.19. The number of rotatable bonds is 4. The van der Waals surface area contributed by atoms with Crippen molar-refractivity contribution in [2.45, 2.75) is 12.5 Å². The van der Waals surface area contributed by atoms with Gasteiger partial charge in [-0.25, -0.2) is 4.98 Å². The highest BCUT2D eigenvalue weighted by atomic mass is 35.5. The van der Waals surface area contributed by atoms with Gasteiger partial charge in [-0.2, -0.15) is 0 Å². The van der Waals surface area contributed by atoms with Gasteiger partial charge in [0.25, 0.3) is 0 Å². The molecule has 1 atom stereocenters. The van der Waals surface area contributed by atoms with Crippen LogP contribution in [0.1, 0.15) is 18.3 Å². The summed E-state index contributed by atoms with van der Waals surface area (Å²) in [6, 6.07) is 6.61. The number of nitrogens with zero attached hydrogens (tertiary/aromatic N) is 1. The molecule has 5 nitrogen and oxygen atoms in total. The van der Waals surface area contributed by atoms with E-state index in [-0.39, 0.29) is 6.42 Å². The normalized spacial score (nSPS) is 12.3. The van der Waals surface area contributed by atoms with Crippen LogP contribution < -0.4 is 5.73 Å². The van der Waals surface area contributed by atoms with Crippen LogP contribution in [0.4, 0.5) is 0 Å². The van der Waals surface area contributed by atoms with Gasteiger partial charge in [-0.3, -0.25) is 4.79 Å². The van der Waals surface area contributed by atoms with Gasteiger partial charge in [0.15, 0.2) is 0 Å². The Morgan fingerprint density at radius 2 is 2.11 bits per heavy atom. The number of hydrogen-bond acceptors (Lipinski definition) is 3. The number of carbonyl (C=O) groups is 1. The summed E-state index contributed by atoms with van der Waals surface area (Å²) in [4.78, 5) is 17.7. The summed E-state index contributed by atoms with van der Waals surface area (Å²) in [7, 11) is 0. The molecule has 1 aromatic heterocycles. The second-order valence-corrected chi connectivity index (χ2v) is 4.33.